The van der Waals surface area contributed by atoms with E-state index < -0.39 is 0 Å². The molecule has 9 nitrogen and oxygen atoms in total. The van der Waals surface area contributed by atoms with E-state index in [2.05, 4.69) is 15.1 Å². The normalized spacial score (nSPS) is 14.7. The number of fused-ring (bicyclic) bond motifs is 3. The number of hydrogen-bond acceptors (Lipinski definition) is 7. The Balaban J connectivity index is 1.70. The van der Waals surface area contributed by atoms with E-state index in [1.165, 1.54) is 20.4 Å². The topological polar surface area (TPSA) is 94.6 Å². The van der Waals surface area contributed by atoms with E-state index in [9.17, 15) is 9.59 Å². The minimum atomic E-state index is -0.372. The number of rotatable bonds is 3. The number of ether oxygens (including phenoxy) is 1. The average molecular weight is 424 g/mol. The molecule has 0 bridgehead atoms. The Bertz CT molecular complexity index is 1320. The Kier molecular flexibility index (Phi) is 4.59. The van der Waals surface area contributed by atoms with Crippen LogP contribution in [0.5, 0.6) is 0 Å². The van der Waals surface area contributed by atoms with E-state index in [-0.39, 0.29) is 18.1 Å². The summed E-state index contributed by atoms with van der Waals surface area (Å²) in [6, 6.07) is 3.65. The number of carbonyl (C=O) groups is 1. The molecule has 30 heavy (non-hydrogen) atoms. The second-order valence-corrected chi connectivity index (χ2v) is 8.44. The highest BCUT2D eigenvalue weighted by molar-refractivity contribution is 7.19. The Morgan fingerprint density at radius 1 is 1.27 bits per heavy atom. The molecule has 0 aromatic carbocycles. The highest BCUT2D eigenvalue weighted by Crippen LogP contribution is 2.32. The molecule has 154 valence electrons. The third-order valence-electron chi connectivity index (χ3n) is 5.43. The van der Waals surface area contributed by atoms with Gasteiger partial charge in [0.25, 0.3) is 0 Å². The minimum Gasteiger partial charge on any atom is -0.378 e. The van der Waals surface area contributed by atoms with Crippen molar-refractivity contribution < 1.29 is 9.53 Å². The molecule has 1 saturated heterocycles. The molecule has 5 rings (SSSR count). The molecular formula is C20H20N6O3S. The van der Waals surface area contributed by atoms with Crippen LogP contribution in [0, 0.1) is 13.8 Å². The molecule has 10 heteroatoms. The maximum absolute atomic E-state index is 13.3. The third kappa shape index (κ3) is 2.99. The van der Waals surface area contributed by atoms with Gasteiger partial charge in [-0.2, -0.15) is 4.52 Å². The summed E-state index contributed by atoms with van der Waals surface area (Å²) in [6.45, 7) is 6.09. The highest BCUT2D eigenvalue weighted by atomic mass is 32.1. The number of aryl methyl sites for hydroxylation is 2. The van der Waals surface area contributed by atoms with Crippen molar-refractivity contribution in [1.82, 2.24) is 29.0 Å². The quantitative estimate of drug-likeness (QED) is 0.496. The standard InChI is InChI=1S/C20H20N6O3S/c1-12-13(2)30-19-16(12)18-22-17(14-4-3-5-21-10-14)23-26(18)20(28)25(19)11-15(27)24-6-8-29-9-7-24/h3-5,10H,6-9,11H2,1-2H3. The smallest absolute Gasteiger partial charge is 0.352 e. The molecule has 0 atom stereocenters. The lowest BCUT2D eigenvalue weighted by molar-refractivity contribution is -0.135. The van der Waals surface area contributed by atoms with E-state index in [0.717, 1.165) is 26.2 Å². The van der Waals surface area contributed by atoms with Crippen LogP contribution in [0.15, 0.2) is 29.3 Å². The zero-order valence-electron chi connectivity index (χ0n) is 16.7. The summed E-state index contributed by atoms with van der Waals surface area (Å²) in [6.07, 6.45) is 3.34. The summed E-state index contributed by atoms with van der Waals surface area (Å²) in [5, 5.41) is 5.31. The van der Waals surface area contributed by atoms with Crippen LogP contribution in [-0.4, -0.2) is 61.3 Å². The van der Waals surface area contributed by atoms with Crippen LogP contribution in [-0.2, 0) is 16.1 Å². The summed E-state index contributed by atoms with van der Waals surface area (Å²) >= 11 is 1.50. The van der Waals surface area contributed by atoms with E-state index in [0.29, 0.717) is 37.8 Å². The number of hydrogen-bond donors (Lipinski definition) is 0. The number of aromatic nitrogens is 5. The minimum absolute atomic E-state index is 0.0350. The van der Waals surface area contributed by atoms with Crippen molar-refractivity contribution in [3.63, 3.8) is 0 Å². The summed E-state index contributed by atoms with van der Waals surface area (Å²) in [5.41, 5.74) is 1.90. The van der Waals surface area contributed by atoms with E-state index in [4.69, 9.17) is 4.74 Å². The Morgan fingerprint density at radius 2 is 2.07 bits per heavy atom. The van der Waals surface area contributed by atoms with Crippen LogP contribution in [0.2, 0.25) is 0 Å². The first-order chi connectivity index (χ1) is 14.5. The zero-order chi connectivity index (χ0) is 20.8. The van der Waals surface area contributed by atoms with Crippen molar-refractivity contribution in [2.45, 2.75) is 20.4 Å². The van der Waals surface area contributed by atoms with E-state index >= 15 is 0 Å². The van der Waals surface area contributed by atoms with Gasteiger partial charge in [-0.05, 0) is 31.5 Å². The zero-order valence-corrected chi connectivity index (χ0v) is 17.5. The predicted octanol–water partition coefficient (Wildman–Crippen LogP) is 1.64. The molecule has 4 aromatic heterocycles. The number of nitrogens with zero attached hydrogens (tertiary/aromatic N) is 6. The number of pyridine rings is 1. The first-order valence-electron chi connectivity index (χ1n) is 9.70. The van der Waals surface area contributed by atoms with E-state index in [1.54, 1.807) is 23.4 Å². The van der Waals surface area contributed by atoms with Crippen LogP contribution >= 0.6 is 11.3 Å². The summed E-state index contributed by atoms with van der Waals surface area (Å²) < 4.78 is 8.15. The van der Waals surface area contributed by atoms with Crippen molar-refractivity contribution >= 4 is 33.1 Å². The van der Waals surface area contributed by atoms with Gasteiger partial charge in [-0.25, -0.2) is 9.78 Å². The van der Waals surface area contributed by atoms with Crippen molar-refractivity contribution in [3.05, 3.63) is 45.5 Å². The monoisotopic (exact) mass is 424 g/mol. The molecule has 4 aromatic rings. The lowest BCUT2D eigenvalue weighted by Crippen LogP contribution is -2.44. The van der Waals surface area contributed by atoms with Crippen LogP contribution in [0.1, 0.15) is 10.4 Å². The second kappa shape index (κ2) is 7.29. The Morgan fingerprint density at radius 3 is 2.80 bits per heavy atom. The van der Waals surface area contributed by atoms with Gasteiger partial charge in [0, 0.05) is 35.9 Å². The molecule has 1 fully saturated rings. The fourth-order valence-electron chi connectivity index (χ4n) is 3.68. The lowest BCUT2D eigenvalue weighted by Gasteiger charge is -2.27. The van der Waals surface area contributed by atoms with Crippen LogP contribution in [0.4, 0.5) is 0 Å². The third-order valence-corrected chi connectivity index (χ3v) is 6.66. The van der Waals surface area contributed by atoms with Crippen molar-refractivity contribution in [1.29, 1.82) is 0 Å². The van der Waals surface area contributed by atoms with Gasteiger partial charge in [0.05, 0.1) is 18.6 Å². The fourth-order valence-corrected chi connectivity index (χ4v) is 4.82. The Labute approximate surface area is 175 Å². The summed E-state index contributed by atoms with van der Waals surface area (Å²) in [4.78, 5) is 38.6. The SMILES string of the molecule is Cc1sc2c(c1C)c1nc(-c3cccnc3)nn1c(=O)n2CC(=O)N1CCOCC1. The predicted molar refractivity (Wildman–Crippen MR) is 113 cm³/mol. The molecule has 0 radical (unpaired) electrons. The van der Waals surface area contributed by atoms with Gasteiger partial charge >= 0.3 is 5.69 Å². The average Bonchev–Trinajstić information content (AvgIpc) is 3.34. The number of carbonyl (C=O) groups excluding carboxylic acids is 1. The maximum atomic E-state index is 13.3. The molecule has 1 amide bonds. The first-order valence-corrected chi connectivity index (χ1v) is 10.5. The maximum Gasteiger partial charge on any atom is 0.352 e. The molecule has 0 aliphatic carbocycles. The van der Waals surface area contributed by atoms with Crippen LogP contribution < -0.4 is 5.69 Å². The molecule has 0 N–H and O–H groups in total. The molecular weight excluding hydrogens is 404 g/mol. The highest BCUT2D eigenvalue weighted by Gasteiger charge is 2.24. The number of morpholine rings is 1. The van der Waals surface area contributed by atoms with Crippen LogP contribution in [0.25, 0.3) is 27.3 Å². The summed E-state index contributed by atoms with van der Waals surface area (Å²) in [7, 11) is 0. The van der Waals surface area contributed by atoms with Gasteiger partial charge in [-0.3, -0.25) is 14.3 Å². The van der Waals surface area contributed by atoms with Crippen LogP contribution in [0.3, 0.4) is 0 Å². The van der Waals surface area contributed by atoms with Gasteiger partial charge in [-0.1, -0.05) is 0 Å². The van der Waals surface area contributed by atoms with E-state index in [1.807, 2.05) is 19.9 Å². The molecule has 5 heterocycles. The van der Waals surface area contributed by atoms with Gasteiger partial charge in [0.2, 0.25) is 5.91 Å². The molecule has 0 spiro atoms. The lowest BCUT2D eigenvalue weighted by atomic mass is 10.2. The molecule has 0 unspecified atom stereocenters. The number of amides is 1. The number of thiophene rings is 1. The molecule has 0 saturated carbocycles. The van der Waals surface area contributed by atoms with Crippen molar-refractivity contribution in [2.24, 2.45) is 0 Å². The van der Waals surface area contributed by atoms with Crippen molar-refractivity contribution in [2.75, 3.05) is 26.3 Å². The molecule has 1 aliphatic heterocycles. The largest absolute Gasteiger partial charge is 0.378 e. The van der Waals surface area contributed by atoms with Gasteiger partial charge < -0.3 is 9.64 Å². The Hall–Kier alpha value is -3.11. The second-order valence-electron chi connectivity index (χ2n) is 7.24. The summed E-state index contributed by atoms with van der Waals surface area (Å²) in [5.74, 6) is 0.333. The van der Waals surface area contributed by atoms with Crippen molar-refractivity contribution in [3.8, 4) is 11.4 Å². The van der Waals surface area contributed by atoms with Gasteiger partial charge in [-0.15, -0.1) is 16.4 Å². The van der Waals surface area contributed by atoms with Gasteiger partial charge in [0.15, 0.2) is 11.5 Å². The van der Waals surface area contributed by atoms with Gasteiger partial charge in [0.1, 0.15) is 11.4 Å². The molecule has 1 aliphatic rings. The fraction of sp³-hybridized carbons (Fsp3) is 0.350. The first kappa shape index (κ1) is 18.9.